The van der Waals surface area contributed by atoms with Crippen molar-refractivity contribution in [3.63, 3.8) is 0 Å². The number of pyridine rings is 1. The quantitative estimate of drug-likeness (QED) is 0.705. The summed E-state index contributed by atoms with van der Waals surface area (Å²) in [6.45, 7) is 4.81. The number of sulfonamides is 1. The Balaban J connectivity index is 2.06. The lowest BCUT2D eigenvalue weighted by atomic mass is 9.97. The number of hydrogen-bond donors (Lipinski definition) is 1. The highest BCUT2D eigenvalue weighted by Gasteiger charge is 2.48. The molecule has 2 heterocycles. The van der Waals surface area contributed by atoms with E-state index in [9.17, 15) is 21.9 Å². The molecule has 1 saturated carbocycles. The summed E-state index contributed by atoms with van der Waals surface area (Å²) in [5.74, 6) is -0.496. The third-order valence-corrected chi connectivity index (χ3v) is 9.95. The first-order chi connectivity index (χ1) is 14.3. The number of fused-ring (bicyclic) bond motifs is 1. The lowest BCUT2D eigenvalue weighted by Gasteiger charge is -2.33. The average molecular weight is 483 g/mol. The van der Waals surface area contributed by atoms with Crippen LogP contribution in [0.5, 0.6) is 0 Å². The van der Waals surface area contributed by atoms with E-state index in [1.54, 1.807) is 39.0 Å². The molecule has 0 atom stereocenters. The molecule has 2 aromatic rings. The monoisotopic (exact) mass is 482 g/mol. The van der Waals surface area contributed by atoms with Gasteiger partial charge in [-0.2, -0.15) is 0 Å². The number of benzene rings is 1. The molecular formula is C21H23ClN2O5S2. The van der Waals surface area contributed by atoms with E-state index < -0.39 is 30.4 Å². The molecule has 10 heteroatoms. The van der Waals surface area contributed by atoms with Gasteiger partial charge in [0.15, 0.2) is 15.6 Å². The second-order valence-corrected chi connectivity index (χ2v) is 13.1. The fourth-order valence-corrected chi connectivity index (χ4v) is 7.62. The zero-order valence-corrected chi connectivity index (χ0v) is 19.9. The molecule has 0 spiro atoms. The second kappa shape index (κ2) is 6.95. The molecule has 0 saturated heterocycles. The summed E-state index contributed by atoms with van der Waals surface area (Å²) in [5.41, 5.74) is 1.44. The van der Waals surface area contributed by atoms with Gasteiger partial charge in [0.1, 0.15) is 10.6 Å². The van der Waals surface area contributed by atoms with Crippen molar-refractivity contribution < 1.29 is 21.9 Å². The number of aromatic nitrogens is 1. The smallest absolute Gasteiger partial charge is 0.232 e. The number of sulfone groups is 1. The summed E-state index contributed by atoms with van der Waals surface area (Å²) in [6.07, 6.45) is 3.97. The number of aryl methyl sites for hydroxylation is 1. The average Bonchev–Trinajstić information content (AvgIpc) is 3.49. The van der Waals surface area contributed by atoms with Gasteiger partial charge >= 0.3 is 0 Å². The van der Waals surface area contributed by atoms with Crippen molar-refractivity contribution in [3.05, 3.63) is 57.9 Å². The fourth-order valence-electron chi connectivity index (χ4n) is 4.02. The fraction of sp³-hybridized carbons (Fsp3) is 0.381. The Morgan fingerprint density at radius 2 is 1.87 bits per heavy atom. The first-order valence-electron chi connectivity index (χ1n) is 9.72. The predicted octanol–water partition coefficient (Wildman–Crippen LogP) is 4.02. The molecule has 1 aliphatic heterocycles. The highest BCUT2D eigenvalue weighted by Crippen LogP contribution is 2.51. The van der Waals surface area contributed by atoms with Gasteiger partial charge in [0, 0.05) is 23.4 Å². The van der Waals surface area contributed by atoms with Crippen molar-refractivity contribution in [2.75, 3.05) is 10.6 Å². The molecule has 1 N–H and O–H groups in total. The van der Waals surface area contributed by atoms with Gasteiger partial charge in [0.2, 0.25) is 10.0 Å². The Morgan fingerprint density at radius 1 is 1.23 bits per heavy atom. The lowest BCUT2D eigenvalue weighted by molar-refractivity contribution is 0.501. The minimum absolute atomic E-state index is 0.0300. The summed E-state index contributed by atoms with van der Waals surface area (Å²) >= 11 is 6.70. The number of halogens is 1. The third kappa shape index (κ3) is 3.25. The number of hydrogen-bond acceptors (Lipinski definition) is 6. The minimum atomic E-state index is -4.10. The van der Waals surface area contributed by atoms with Gasteiger partial charge in [-0.3, -0.25) is 9.29 Å². The van der Waals surface area contributed by atoms with Crippen LogP contribution in [0.4, 0.5) is 5.69 Å². The van der Waals surface area contributed by atoms with E-state index >= 15 is 0 Å². The molecule has 0 amide bonds. The zero-order chi connectivity index (χ0) is 22.9. The minimum Gasteiger partial charge on any atom is -0.504 e. The largest absolute Gasteiger partial charge is 0.504 e. The molecule has 0 bridgehead atoms. The van der Waals surface area contributed by atoms with Crippen LogP contribution in [0.1, 0.15) is 49.1 Å². The standard InChI is InChI=1S/C21H23ClN2O5S2/c1-12-7-10-14(16(22)18(12)24(13-8-9-13)30(4,26)27)20-19(25)17-15(6-5-11-23-17)21(2,3)31(20,28)29/h5-7,10-11,13,25H,8-9H2,1-4H3. The molecule has 7 nitrogen and oxygen atoms in total. The normalized spacial score (nSPS) is 19.8. The van der Waals surface area contributed by atoms with E-state index in [1.807, 2.05) is 0 Å². The van der Waals surface area contributed by atoms with Crippen LogP contribution in [0.15, 0.2) is 30.5 Å². The Hall–Kier alpha value is -2.10. The SMILES string of the molecule is Cc1ccc(C2=C(O)c3ncccc3C(C)(C)S2(=O)=O)c(Cl)c1N(C1CC1)S(C)(=O)=O. The molecule has 1 aromatic carbocycles. The molecule has 1 fully saturated rings. The Morgan fingerprint density at radius 3 is 2.45 bits per heavy atom. The van der Waals surface area contributed by atoms with Crippen LogP contribution < -0.4 is 4.31 Å². The molecule has 4 rings (SSSR count). The summed E-state index contributed by atoms with van der Waals surface area (Å²) in [5, 5.41) is 11.0. The van der Waals surface area contributed by atoms with E-state index in [4.69, 9.17) is 11.6 Å². The molecule has 1 aromatic heterocycles. The molecule has 0 unspecified atom stereocenters. The summed E-state index contributed by atoms with van der Waals surface area (Å²) in [6, 6.07) is 6.14. The number of anilines is 1. The molecule has 0 radical (unpaired) electrons. The van der Waals surface area contributed by atoms with Crippen molar-refractivity contribution in [2.45, 2.75) is 44.4 Å². The first kappa shape index (κ1) is 22.1. The van der Waals surface area contributed by atoms with Crippen LogP contribution in [-0.2, 0) is 24.6 Å². The van der Waals surface area contributed by atoms with Crippen LogP contribution in [0, 0.1) is 6.92 Å². The van der Waals surface area contributed by atoms with Gasteiger partial charge in [0.05, 0.1) is 21.7 Å². The molecule has 1 aliphatic carbocycles. The van der Waals surface area contributed by atoms with E-state index in [-0.39, 0.29) is 32.9 Å². The molecule has 31 heavy (non-hydrogen) atoms. The number of aliphatic hydroxyl groups is 1. The van der Waals surface area contributed by atoms with Crippen molar-refractivity contribution in [1.82, 2.24) is 4.98 Å². The number of rotatable bonds is 4. The van der Waals surface area contributed by atoms with Gasteiger partial charge in [-0.15, -0.1) is 0 Å². The van der Waals surface area contributed by atoms with Crippen LogP contribution in [0.2, 0.25) is 5.02 Å². The van der Waals surface area contributed by atoms with E-state index in [0.717, 1.165) is 6.26 Å². The van der Waals surface area contributed by atoms with E-state index in [2.05, 4.69) is 4.98 Å². The predicted molar refractivity (Wildman–Crippen MR) is 122 cm³/mol. The second-order valence-electron chi connectivity index (χ2n) is 8.47. The first-order valence-corrected chi connectivity index (χ1v) is 13.4. The van der Waals surface area contributed by atoms with E-state index in [0.29, 0.717) is 24.0 Å². The third-order valence-electron chi connectivity index (χ3n) is 5.86. The Labute approximate surface area is 187 Å². The van der Waals surface area contributed by atoms with Crippen LogP contribution in [-0.4, -0.2) is 39.2 Å². The topological polar surface area (TPSA) is 105 Å². The molecule has 2 aliphatic rings. The van der Waals surface area contributed by atoms with Crippen LogP contribution >= 0.6 is 11.6 Å². The van der Waals surface area contributed by atoms with E-state index in [1.165, 1.54) is 16.6 Å². The van der Waals surface area contributed by atoms with Gasteiger partial charge in [-0.1, -0.05) is 29.8 Å². The van der Waals surface area contributed by atoms with Crippen molar-refractivity contribution in [2.24, 2.45) is 0 Å². The maximum Gasteiger partial charge on any atom is 0.232 e. The summed E-state index contributed by atoms with van der Waals surface area (Å²) in [7, 11) is -7.75. The van der Waals surface area contributed by atoms with Crippen LogP contribution in [0.25, 0.3) is 10.7 Å². The lowest BCUT2D eigenvalue weighted by Crippen LogP contribution is -2.35. The van der Waals surface area contributed by atoms with Crippen LogP contribution in [0.3, 0.4) is 0 Å². The number of nitrogens with zero attached hydrogens (tertiary/aromatic N) is 2. The van der Waals surface area contributed by atoms with Gasteiger partial charge < -0.3 is 5.11 Å². The maximum atomic E-state index is 13.6. The molecular weight excluding hydrogens is 460 g/mol. The Kier molecular flexibility index (Phi) is 4.96. The van der Waals surface area contributed by atoms with Gasteiger partial charge in [-0.25, -0.2) is 16.8 Å². The highest BCUT2D eigenvalue weighted by atomic mass is 35.5. The molecule has 166 valence electrons. The van der Waals surface area contributed by atoms with Crippen molar-refractivity contribution >= 4 is 47.8 Å². The highest BCUT2D eigenvalue weighted by molar-refractivity contribution is 8.01. The maximum absolute atomic E-state index is 13.6. The zero-order valence-electron chi connectivity index (χ0n) is 17.5. The van der Waals surface area contributed by atoms with Gasteiger partial charge in [-0.05, 0) is 45.2 Å². The van der Waals surface area contributed by atoms with Gasteiger partial charge in [0.25, 0.3) is 0 Å². The number of aliphatic hydroxyl groups excluding tert-OH is 1. The summed E-state index contributed by atoms with van der Waals surface area (Å²) < 4.78 is 52.2. The van der Waals surface area contributed by atoms with Crippen molar-refractivity contribution in [1.29, 1.82) is 0 Å². The Bertz CT molecular complexity index is 1340. The van der Waals surface area contributed by atoms with Crippen molar-refractivity contribution in [3.8, 4) is 0 Å². The summed E-state index contributed by atoms with van der Waals surface area (Å²) in [4.78, 5) is 3.85.